The van der Waals surface area contributed by atoms with Crippen molar-refractivity contribution in [3.63, 3.8) is 0 Å². The van der Waals surface area contributed by atoms with E-state index in [2.05, 4.69) is 44.9 Å². The summed E-state index contributed by atoms with van der Waals surface area (Å²) in [4.78, 5) is 24.5. The van der Waals surface area contributed by atoms with Crippen LogP contribution in [0.3, 0.4) is 0 Å². The molecule has 0 bridgehead atoms. The lowest BCUT2D eigenvalue weighted by molar-refractivity contribution is -0.126. The van der Waals surface area contributed by atoms with Gasteiger partial charge in [0, 0.05) is 73.6 Å². The van der Waals surface area contributed by atoms with E-state index in [0.717, 1.165) is 18.5 Å². The Bertz CT molecular complexity index is 1150. The SMILES string of the molecule is C=CC(=O)N1CCN(c2ncnc3c(F)c(C4C(C)=CCC5NN(C)CC54)c(Cl)cc23)CC1. The molecule has 174 valence electrons. The summed E-state index contributed by atoms with van der Waals surface area (Å²) in [7, 11) is 2.02. The first-order valence-corrected chi connectivity index (χ1v) is 11.7. The number of fused-ring (bicyclic) bond motifs is 2. The molecule has 2 saturated heterocycles. The van der Waals surface area contributed by atoms with Crippen molar-refractivity contribution in [2.24, 2.45) is 5.92 Å². The zero-order valence-corrected chi connectivity index (χ0v) is 19.6. The van der Waals surface area contributed by atoms with Crippen LogP contribution in [-0.2, 0) is 4.79 Å². The Kier molecular flexibility index (Phi) is 5.84. The molecule has 0 saturated carbocycles. The van der Waals surface area contributed by atoms with E-state index in [-0.39, 0.29) is 29.6 Å². The van der Waals surface area contributed by atoms with Crippen molar-refractivity contribution in [3.8, 4) is 0 Å². The number of allylic oxidation sites excluding steroid dienone is 1. The number of piperazine rings is 1. The molecule has 3 unspecified atom stereocenters. The molecule has 7 nitrogen and oxygen atoms in total. The van der Waals surface area contributed by atoms with Crippen molar-refractivity contribution < 1.29 is 9.18 Å². The molecule has 2 aromatic rings. The van der Waals surface area contributed by atoms with Crippen molar-refractivity contribution in [2.45, 2.75) is 25.3 Å². The van der Waals surface area contributed by atoms with E-state index in [9.17, 15) is 4.79 Å². The summed E-state index contributed by atoms with van der Waals surface area (Å²) < 4.78 is 16.1. The highest BCUT2D eigenvalue weighted by atomic mass is 35.5. The Morgan fingerprint density at radius 2 is 2.06 bits per heavy atom. The lowest BCUT2D eigenvalue weighted by Gasteiger charge is -2.35. The first-order chi connectivity index (χ1) is 15.9. The standard InChI is InChI=1S/C24H28ClFN6O/c1-4-19(33)31-7-9-32(10-8-31)24-15-11-17(25)21(22(26)23(15)27-13-28-24)20-14(2)5-6-18-16(20)12-30(3)29-18/h4-5,11,13,16,18,20,29H,1,6-10,12H2,2-3H3. The van der Waals surface area contributed by atoms with Gasteiger partial charge in [-0.05, 0) is 25.5 Å². The first kappa shape index (κ1) is 22.3. The van der Waals surface area contributed by atoms with Crippen LogP contribution in [-0.4, -0.2) is 71.6 Å². The van der Waals surface area contributed by atoms with Crippen LogP contribution in [0.15, 0.2) is 36.7 Å². The van der Waals surface area contributed by atoms with Crippen LogP contribution >= 0.6 is 11.6 Å². The molecule has 2 aliphatic heterocycles. The van der Waals surface area contributed by atoms with Gasteiger partial charge in [0.2, 0.25) is 5.91 Å². The molecule has 1 amide bonds. The predicted octanol–water partition coefficient (Wildman–Crippen LogP) is 3.13. The number of hydrogen-bond donors (Lipinski definition) is 1. The number of amides is 1. The average Bonchev–Trinajstić information content (AvgIpc) is 3.20. The minimum absolute atomic E-state index is 0.0813. The second kappa shape index (κ2) is 8.66. The zero-order valence-electron chi connectivity index (χ0n) is 18.9. The smallest absolute Gasteiger partial charge is 0.246 e. The maximum absolute atomic E-state index is 16.1. The Morgan fingerprint density at radius 1 is 1.30 bits per heavy atom. The summed E-state index contributed by atoms with van der Waals surface area (Å²) in [6.45, 7) is 8.76. The number of carbonyl (C=O) groups is 1. The van der Waals surface area contributed by atoms with Crippen LogP contribution < -0.4 is 10.3 Å². The molecule has 1 N–H and O–H groups in total. The second-order valence-electron chi connectivity index (χ2n) is 9.14. The maximum Gasteiger partial charge on any atom is 0.246 e. The Balaban J connectivity index is 1.53. The van der Waals surface area contributed by atoms with E-state index in [1.165, 1.54) is 12.4 Å². The van der Waals surface area contributed by atoms with Gasteiger partial charge >= 0.3 is 0 Å². The summed E-state index contributed by atoms with van der Waals surface area (Å²) in [5, 5.41) is 3.09. The first-order valence-electron chi connectivity index (χ1n) is 11.3. The van der Waals surface area contributed by atoms with Crippen LogP contribution in [0.2, 0.25) is 5.02 Å². The van der Waals surface area contributed by atoms with E-state index >= 15 is 4.39 Å². The van der Waals surface area contributed by atoms with Gasteiger partial charge in [-0.15, -0.1) is 0 Å². The second-order valence-corrected chi connectivity index (χ2v) is 9.54. The lowest BCUT2D eigenvalue weighted by Crippen LogP contribution is -2.48. The van der Waals surface area contributed by atoms with Gasteiger partial charge in [0.05, 0.1) is 0 Å². The van der Waals surface area contributed by atoms with Crippen LogP contribution in [0.5, 0.6) is 0 Å². The fraction of sp³-hybridized carbons (Fsp3) is 0.458. The van der Waals surface area contributed by atoms with E-state index in [1.807, 2.05) is 13.1 Å². The third-order valence-electron chi connectivity index (χ3n) is 7.21. The molecular weight excluding hydrogens is 443 g/mol. The number of nitrogens with zero attached hydrogens (tertiary/aromatic N) is 5. The third-order valence-corrected chi connectivity index (χ3v) is 7.53. The Labute approximate surface area is 197 Å². The molecule has 3 heterocycles. The van der Waals surface area contributed by atoms with E-state index < -0.39 is 0 Å². The average molecular weight is 471 g/mol. The number of nitrogens with one attached hydrogen (secondary N) is 1. The van der Waals surface area contributed by atoms with Gasteiger partial charge in [0.1, 0.15) is 17.7 Å². The highest BCUT2D eigenvalue weighted by Gasteiger charge is 2.42. The molecule has 9 heteroatoms. The molecule has 1 aliphatic carbocycles. The topological polar surface area (TPSA) is 64.6 Å². The minimum atomic E-state index is -0.366. The molecular formula is C24H28ClFN6O. The molecule has 3 aliphatic rings. The van der Waals surface area contributed by atoms with Crippen LogP contribution in [0.25, 0.3) is 10.9 Å². The minimum Gasteiger partial charge on any atom is -0.352 e. The van der Waals surface area contributed by atoms with E-state index in [4.69, 9.17) is 11.6 Å². The molecule has 0 spiro atoms. The van der Waals surface area contributed by atoms with E-state index in [0.29, 0.717) is 53.5 Å². The number of hydrogen-bond acceptors (Lipinski definition) is 6. The van der Waals surface area contributed by atoms with Gasteiger partial charge in [-0.2, -0.15) is 0 Å². The van der Waals surface area contributed by atoms with Gasteiger partial charge in [0.25, 0.3) is 0 Å². The van der Waals surface area contributed by atoms with Crippen LogP contribution in [0.1, 0.15) is 24.8 Å². The molecule has 1 aromatic heterocycles. The summed E-state index contributed by atoms with van der Waals surface area (Å²) in [5.41, 5.74) is 5.43. The summed E-state index contributed by atoms with van der Waals surface area (Å²) >= 11 is 6.79. The van der Waals surface area contributed by atoms with Crippen molar-refractivity contribution in [2.75, 3.05) is 44.7 Å². The van der Waals surface area contributed by atoms with Gasteiger partial charge in [0.15, 0.2) is 5.82 Å². The quantitative estimate of drug-likeness (QED) is 0.549. The van der Waals surface area contributed by atoms with Gasteiger partial charge in [-0.1, -0.05) is 29.8 Å². The molecule has 5 rings (SSSR count). The Hall–Kier alpha value is -2.55. The molecule has 3 atom stereocenters. The monoisotopic (exact) mass is 470 g/mol. The van der Waals surface area contributed by atoms with E-state index in [1.54, 1.807) is 4.90 Å². The molecule has 0 radical (unpaired) electrons. The number of hydrazine groups is 1. The van der Waals surface area contributed by atoms with Crippen LogP contribution in [0, 0.1) is 11.7 Å². The van der Waals surface area contributed by atoms with Gasteiger partial charge < -0.3 is 9.80 Å². The Morgan fingerprint density at radius 3 is 2.79 bits per heavy atom. The highest BCUT2D eigenvalue weighted by Crippen LogP contribution is 2.46. The molecule has 2 fully saturated rings. The normalized spacial score (nSPS) is 25.8. The predicted molar refractivity (Wildman–Crippen MR) is 128 cm³/mol. The molecule has 33 heavy (non-hydrogen) atoms. The molecule has 1 aromatic carbocycles. The van der Waals surface area contributed by atoms with Crippen molar-refractivity contribution in [1.29, 1.82) is 0 Å². The fourth-order valence-corrected chi connectivity index (χ4v) is 5.90. The summed E-state index contributed by atoms with van der Waals surface area (Å²) in [6.07, 6.45) is 5.86. The highest BCUT2D eigenvalue weighted by molar-refractivity contribution is 6.32. The number of benzene rings is 1. The maximum atomic E-state index is 16.1. The summed E-state index contributed by atoms with van der Waals surface area (Å²) in [5.74, 6) is 0.331. The number of rotatable bonds is 3. The zero-order chi connectivity index (χ0) is 23.3. The van der Waals surface area contributed by atoms with Gasteiger partial charge in [-0.3, -0.25) is 10.2 Å². The largest absolute Gasteiger partial charge is 0.352 e. The number of carbonyl (C=O) groups excluding carboxylic acids is 1. The van der Waals surface area contributed by atoms with Gasteiger partial charge in [-0.25, -0.2) is 19.4 Å². The third kappa shape index (κ3) is 3.80. The van der Waals surface area contributed by atoms with Crippen molar-refractivity contribution in [1.82, 2.24) is 25.3 Å². The lowest BCUT2D eigenvalue weighted by atomic mass is 9.73. The number of aromatic nitrogens is 2. The number of halogens is 2. The number of anilines is 1. The fourth-order valence-electron chi connectivity index (χ4n) is 5.60. The van der Waals surface area contributed by atoms with Crippen molar-refractivity contribution >= 4 is 34.2 Å². The summed E-state index contributed by atoms with van der Waals surface area (Å²) in [6, 6.07) is 2.08. The van der Waals surface area contributed by atoms with Crippen LogP contribution in [0.4, 0.5) is 10.2 Å². The van der Waals surface area contributed by atoms with Crippen molar-refractivity contribution in [3.05, 3.63) is 53.1 Å².